The zero-order valence-electron chi connectivity index (χ0n) is 20.2. The first kappa shape index (κ1) is 23.4. The number of piperidine rings is 1. The van der Waals surface area contributed by atoms with Crippen LogP contribution in [0.2, 0.25) is 0 Å². The van der Waals surface area contributed by atoms with E-state index in [1.807, 2.05) is 46.8 Å². The van der Waals surface area contributed by atoms with Crippen molar-refractivity contribution in [3.8, 4) is 11.3 Å². The number of likely N-dealkylation sites (tertiary alicyclic amines) is 1. The fourth-order valence-electron chi connectivity index (χ4n) is 5.74. The number of nitrogens with zero attached hydrogens (tertiary/aromatic N) is 6. The molecule has 2 fully saturated rings. The molecule has 0 bridgehead atoms. The molecule has 0 radical (unpaired) electrons. The number of aromatic nitrogens is 4. The Bertz CT molecular complexity index is 1470. The van der Waals surface area contributed by atoms with Crippen molar-refractivity contribution in [3.63, 3.8) is 0 Å². The second-order valence-electron chi connectivity index (χ2n) is 9.89. The van der Waals surface area contributed by atoms with Gasteiger partial charge >= 0.3 is 6.18 Å². The Morgan fingerprint density at radius 2 is 1.62 bits per heavy atom. The van der Waals surface area contributed by atoms with Crippen LogP contribution in [0.4, 0.5) is 18.9 Å². The van der Waals surface area contributed by atoms with Crippen LogP contribution in [0.1, 0.15) is 28.9 Å². The summed E-state index contributed by atoms with van der Waals surface area (Å²) in [7, 11) is 1.89. The number of rotatable bonds is 3. The number of carbonyl (C=O) groups is 1. The van der Waals surface area contributed by atoms with Crippen LogP contribution in [0.3, 0.4) is 0 Å². The van der Waals surface area contributed by atoms with Crippen LogP contribution in [0, 0.1) is 5.41 Å². The lowest BCUT2D eigenvalue weighted by Crippen LogP contribution is -2.61. The zero-order chi connectivity index (χ0) is 25.8. The van der Waals surface area contributed by atoms with Crippen LogP contribution in [0.15, 0.2) is 61.1 Å². The third kappa shape index (κ3) is 3.91. The second-order valence-corrected chi connectivity index (χ2v) is 9.89. The Hall–Kier alpha value is -3.95. The lowest BCUT2D eigenvalue weighted by atomic mass is 9.71. The maximum Gasteiger partial charge on any atom is 0.435 e. The maximum absolute atomic E-state index is 13.9. The molecule has 10 heteroatoms. The van der Waals surface area contributed by atoms with Crippen molar-refractivity contribution in [2.45, 2.75) is 19.0 Å². The Labute approximate surface area is 211 Å². The highest BCUT2D eigenvalue weighted by Gasteiger charge is 2.48. The van der Waals surface area contributed by atoms with E-state index >= 15 is 0 Å². The van der Waals surface area contributed by atoms with Gasteiger partial charge in [-0.3, -0.25) is 9.78 Å². The molecule has 3 aromatic heterocycles. The minimum Gasteiger partial charge on any atom is -0.369 e. The number of amides is 1. The predicted octanol–water partition coefficient (Wildman–Crippen LogP) is 4.79. The third-order valence-corrected chi connectivity index (χ3v) is 7.63. The van der Waals surface area contributed by atoms with Gasteiger partial charge in [0.05, 0.1) is 16.9 Å². The summed E-state index contributed by atoms with van der Waals surface area (Å²) >= 11 is 0. The molecule has 0 unspecified atom stereocenters. The molecule has 190 valence electrons. The Morgan fingerprint density at radius 1 is 0.919 bits per heavy atom. The van der Waals surface area contributed by atoms with E-state index in [2.05, 4.69) is 15.0 Å². The first-order valence-corrected chi connectivity index (χ1v) is 12.2. The summed E-state index contributed by atoms with van der Waals surface area (Å²) in [5, 5.41) is 0. The molecular weight excluding hydrogens is 481 g/mol. The van der Waals surface area contributed by atoms with Gasteiger partial charge in [-0.2, -0.15) is 13.2 Å². The van der Waals surface area contributed by atoms with Crippen LogP contribution >= 0.6 is 0 Å². The van der Waals surface area contributed by atoms with Crippen LogP contribution in [0.5, 0.6) is 0 Å². The van der Waals surface area contributed by atoms with Crippen LogP contribution in [-0.4, -0.2) is 56.5 Å². The number of carbonyl (C=O) groups excluding carboxylic acids is 1. The monoisotopic (exact) mass is 506 g/mol. The Kier molecular flexibility index (Phi) is 5.43. The molecule has 0 aliphatic carbocycles. The van der Waals surface area contributed by atoms with E-state index in [-0.39, 0.29) is 17.0 Å². The molecule has 37 heavy (non-hydrogen) atoms. The largest absolute Gasteiger partial charge is 0.435 e. The lowest BCUT2D eigenvalue weighted by Gasteiger charge is -2.55. The number of benzene rings is 1. The molecule has 0 saturated carbocycles. The maximum atomic E-state index is 13.9. The summed E-state index contributed by atoms with van der Waals surface area (Å²) in [6, 6.07) is 12.7. The SMILES string of the molecule is Cn1c(-c2ccccc2)c(C(=O)N2CCC3(CC2)CN(c2cccnc2C(F)(F)F)C3)c2nccnc21. The van der Waals surface area contributed by atoms with Crippen molar-refractivity contribution in [2.24, 2.45) is 12.5 Å². The van der Waals surface area contributed by atoms with Crippen LogP contribution in [0.25, 0.3) is 22.4 Å². The highest BCUT2D eigenvalue weighted by atomic mass is 19.4. The second kappa shape index (κ2) is 8.57. The minimum absolute atomic E-state index is 0.0948. The summed E-state index contributed by atoms with van der Waals surface area (Å²) in [6.07, 6.45) is 1.35. The molecule has 2 aliphatic rings. The number of hydrogen-bond donors (Lipinski definition) is 0. The van der Waals surface area contributed by atoms with Crippen molar-refractivity contribution in [1.82, 2.24) is 24.4 Å². The smallest absolute Gasteiger partial charge is 0.369 e. The van der Waals surface area contributed by atoms with Crippen molar-refractivity contribution in [3.05, 3.63) is 72.3 Å². The number of halogens is 3. The van der Waals surface area contributed by atoms with Gasteiger partial charge in [-0.15, -0.1) is 0 Å². The molecule has 2 aliphatic heterocycles. The van der Waals surface area contributed by atoms with Gasteiger partial charge in [-0.1, -0.05) is 30.3 Å². The number of alkyl halides is 3. The third-order valence-electron chi connectivity index (χ3n) is 7.63. The minimum atomic E-state index is -4.49. The molecule has 1 spiro atoms. The lowest BCUT2D eigenvalue weighted by molar-refractivity contribution is -0.140. The number of pyridine rings is 1. The molecule has 7 nitrogen and oxygen atoms in total. The summed E-state index contributed by atoms with van der Waals surface area (Å²) in [5.74, 6) is -0.0948. The average molecular weight is 507 g/mol. The van der Waals surface area contributed by atoms with Crippen molar-refractivity contribution in [2.75, 3.05) is 31.1 Å². The van der Waals surface area contributed by atoms with E-state index in [9.17, 15) is 18.0 Å². The molecule has 0 atom stereocenters. The first-order chi connectivity index (χ1) is 17.8. The van der Waals surface area contributed by atoms with Gasteiger partial charge in [-0.25, -0.2) is 9.97 Å². The predicted molar refractivity (Wildman–Crippen MR) is 133 cm³/mol. The van der Waals surface area contributed by atoms with Crippen LogP contribution in [-0.2, 0) is 13.2 Å². The van der Waals surface area contributed by atoms with Crippen molar-refractivity contribution in [1.29, 1.82) is 0 Å². The van der Waals surface area contributed by atoms with E-state index in [1.165, 1.54) is 18.3 Å². The summed E-state index contributed by atoms with van der Waals surface area (Å²) < 4.78 is 42.2. The van der Waals surface area contributed by atoms with Gasteiger partial charge in [0.15, 0.2) is 11.3 Å². The number of hydrogen-bond acceptors (Lipinski definition) is 5. The summed E-state index contributed by atoms with van der Waals surface area (Å²) in [6.45, 7) is 2.13. The topological polar surface area (TPSA) is 67.2 Å². The van der Waals surface area contributed by atoms with Gasteiger partial charge in [-0.05, 0) is 30.5 Å². The van der Waals surface area contributed by atoms with E-state index in [0.717, 1.165) is 24.1 Å². The fraction of sp³-hybridized carbons (Fsp3) is 0.333. The molecule has 1 amide bonds. The fourth-order valence-corrected chi connectivity index (χ4v) is 5.74. The highest BCUT2D eigenvalue weighted by Crippen LogP contribution is 2.46. The molecular formula is C27H25F3N6O. The molecule has 1 aromatic carbocycles. The van der Waals surface area contributed by atoms with E-state index < -0.39 is 11.9 Å². The normalized spacial score (nSPS) is 17.3. The summed E-state index contributed by atoms with van der Waals surface area (Å²) in [5.41, 5.74) is 2.62. The van der Waals surface area contributed by atoms with Crippen LogP contribution < -0.4 is 4.90 Å². The highest BCUT2D eigenvalue weighted by molar-refractivity contribution is 6.10. The average Bonchev–Trinajstić information content (AvgIpc) is 3.19. The molecule has 4 aromatic rings. The van der Waals surface area contributed by atoms with Crippen molar-refractivity contribution < 1.29 is 18.0 Å². The van der Waals surface area contributed by atoms with Crippen molar-refractivity contribution >= 4 is 22.8 Å². The van der Waals surface area contributed by atoms with E-state index in [0.29, 0.717) is 42.9 Å². The Balaban J connectivity index is 1.22. The van der Waals surface area contributed by atoms with E-state index in [1.54, 1.807) is 17.3 Å². The number of anilines is 1. The number of aryl methyl sites for hydroxylation is 1. The Morgan fingerprint density at radius 3 is 2.32 bits per heavy atom. The van der Waals surface area contributed by atoms with Gasteiger partial charge < -0.3 is 14.4 Å². The molecule has 0 N–H and O–H groups in total. The van der Waals surface area contributed by atoms with Gasteiger partial charge in [0.2, 0.25) is 0 Å². The van der Waals surface area contributed by atoms with Gasteiger partial charge in [0, 0.05) is 57.2 Å². The zero-order valence-corrected chi connectivity index (χ0v) is 20.2. The standard InChI is InChI=1S/C27H25F3N6O/c1-34-22(18-6-3-2-4-7-18)20(21-24(34)33-13-12-31-21)25(37)35-14-9-26(10-15-35)16-36(17-26)19-8-5-11-32-23(19)27(28,29)30/h2-8,11-13H,9-10,14-17H2,1H3. The first-order valence-electron chi connectivity index (χ1n) is 12.2. The quantitative estimate of drug-likeness (QED) is 0.400. The molecule has 6 rings (SSSR count). The van der Waals surface area contributed by atoms with E-state index in [4.69, 9.17) is 0 Å². The molecule has 2 saturated heterocycles. The molecule has 5 heterocycles. The van der Waals surface area contributed by atoms with Gasteiger partial charge in [0.1, 0.15) is 5.52 Å². The van der Waals surface area contributed by atoms with Gasteiger partial charge in [0.25, 0.3) is 5.91 Å². The number of fused-ring (bicyclic) bond motifs is 1. The summed E-state index contributed by atoms with van der Waals surface area (Å²) in [4.78, 5) is 30.0.